The van der Waals surface area contributed by atoms with E-state index in [2.05, 4.69) is 4.99 Å². The van der Waals surface area contributed by atoms with Crippen LogP contribution in [-0.4, -0.2) is 42.1 Å². The Morgan fingerprint density at radius 1 is 1.64 bits per heavy atom. The summed E-state index contributed by atoms with van der Waals surface area (Å²) in [5.41, 5.74) is 0.697. The van der Waals surface area contributed by atoms with Crippen LogP contribution in [0.5, 0.6) is 0 Å². The second-order valence-corrected chi connectivity index (χ2v) is 2.72. The van der Waals surface area contributed by atoms with Gasteiger partial charge in [0.25, 0.3) is 0 Å². The van der Waals surface area contributed by atoms with Crippen LogP contribution < -0.4 is 0 Å². The highest BCUT2D eigenvalue weighted by atomic mass is 16.3. The SMILES string of the molecule is CC1=C(O)CN(N(C)C)C=N1. The Morgan fingerprint density at radius 3 is 2.73 bits per heavy atom. The maximum atomic E-state index is 9.29. The molecule has 11 heavy (non-hydrogen) atoms. The van der Waals surface area contributed by atoms with E-state index in [0.717, 1.165) is 0 Å². The van der Waals surface area contributed by atoms with Crippen molar-refractivity contribution in [1.29, 1.82) is 0 Å². The van der Waals surface area contributed by atoms with E-state index in [1.807, 2.05) is 24.1 Å². The Balaban J connectivity index is 2.67. The zero-order valence-electron chi connectivity index (χ0n) is 7.07. The lowest BCUT2D eigenvalue weighted by Crippen LogP contribution is -2.38. The number of hydrogen-bond acceptors (Lipinski definition) is 4. The van der Waals surface area contributed by atoms with Gasteiger partial charge in [-0.3, -0.25) is 5.01 Å². The number of hydrazine groups is 1. The standard InChI is InChI=1S/C7H13N3O/c1-6-7(11)4-10(5-8-6)9(2)3/h5,11H,4H2,1-3H3. The van der Waals surface area contributed by atoms with E-state index in [-0.39, 0.29) is 0 Å². The summed E-state index contributed by atoms with van der Waals surface area (Å²) in [4.78, 5) is 4.00. The molecule has 1 aliphatic heterocycles. The summed E-state index contributed by atoms with van der Waals surface area (Å²) in [5.74, 6) is 0.334. The molecule has 0 bridgehead atoms. The summed E-state index contributed by atoms with van der Waals surface area (Å²) in [5, 5.41) is 13.0. The molecule has 0 fully saturated rings. The molecule has 0 saturated carbocycles. The summed E-state index contributed by atoms with van der Waals surface area (Å²) < 4.78 is 0. The summed E-state index contributed by atoms with van der Waals surface area (Å²) >= 11 is 0. The maximum absolute atomic E-state index is 9.29. The Morgan fingerprint density at radius 2 is 2.27 bits per heavy atom. The highest BCUT2D eigenvalue weighted by Crippen LogP contribution is 2.08. The van der Waals surface area contributed by atoms with Crippen molar-refractivity contribution in [2.75, 3.05) is 20.6 Å². The second-order valence-electron chi connectivity index (χ2n) is 2.72. The van der Waals surface area contributed by atoms with Crippen molar-refractivity contribution in [3.05, 3.63) is 11.5 Å². The Bertz CT molecular complexity index is 208. The number of allylic oxidation sites excluding steroid dienone is 1. The van der Waals surface area contributed by atoms with Crippen molar-refractivity contribution < 1.29 is 5.11 Å². The molecule has 0 unspecified atom stereocenters. The zero-order valence-corrected chi connectivity index (χ0v) is 7.07. The normalized spacial score (nSPS) is 18.4. The van der Waals surface area contributed by atoms with E-state index in [4.69, 9.17) is 0 Å². The van der Waals surface area contributed by atoms with Crippen LogP contribution in [0.1, 0.15) is 6.92 Å². The molecule has 4 nitrogen and oxygen atoms in total. The van der Waals surface area contributed by atoms with Crippen LogP contribution in [0.4, 0.5) is 0 Å². The van der Waals surface area contributed by atoms with Gasteiger partial charge >= 0.3 is 0 Å². The predicted octanol–water partition coefficient (Wildman–Crippen LogP) is 0.596. The van der Waals surface area contributed by atoms with Gasteiger partial charge in [-0.2, -0.15) is 0 Å². The molecule has 0 aromatic rings. The van der Waals surface area contributed by atoms with Gasteiger partial charge in [0, 0.05) is 14.1 Å². The Labute approximate surface area is 66.4 Å². The fourth-order valence-electron chi connectivity index (χ4n) is 0.781. The molecule has 1 aliphatic rings. The van der Waals surface area contributed by atoms with E-state index in [0.29, 0.717) is 18.0 Å². The van der Waals surface area contributed by atoms with Crippen LogP contribution in [0.15, 0.2) is 16.4 Å². The van der Waals surface area contributed by atoms with Gasteiger partial charge in [0.1, 0.15) is 12.1 Å². The monoisotopic (exact) mass is 155 g/mol. The molecule has 0 spiro atoms. The average molecular weight is 155 g/mol. The van der Waals surface area contributed by atoms with E-state index in [9.17, 15) is 5.11 Å². The topological polar surface area (TPSA) is 39.1 Å². The molecule has 0 aromatic carbocycles. The Kier molecular flexibility index (Phi) is 2.14. The van der Waals surface area contributed by atoms with Gasteiger partial charge in [-0.05, 0) is 6.92 Å². The van der Waals surface area contributed by atoms with E-state index in [1.165, 1.54) is 0 Å². The minimum Gasteiger partial charge on any atom is -0.508 e. The molecular formula is C7H13N3O. The lowest BCUT2D eigenvalue weighted by Gasteiger charge is -2.28. The molecule has 1 heterocycles. The van der Waals surface area contributed by atoms with Gasteiger partial charge in [0.2, 0.25) is 0 Å². The van der Waals surface area contributed by atoms with Crippen molar-refractivity contribution in [2.45, 2.75) is 6.92 Å². The number of nitrogens with zero attached hydrogens (tertiary/aromatic N) is 3. The molecule has 4 heteroatoms. The highest BCUT2D eigenvalue weighted by Gasteiger charge is 2.11. The smallest absolute Gasteiger partial charge is 0.134 e. The summed E-state index contributed by atoms with van der Waals surface area (Å²) in [6.45, 7) is 2.31. The minimum absolute atomic E-state index is 0.334. The molecule has 62 valence electrons. The molecule has 0 amide bonds. The Hall–Kier alpha value is -1.03. The quantitative estimate of drug-likeness (QED) is 0.602. The minimum atomic E-state index is 0.334. The molecule has 0 aliphatic carbocycles. The van der Waals surface area contributed by atoms with Crippen LogP contribution in [0.2, 0.25) is 0 Å². The van der Waals surface area contributed by atoms with Gasteiger partial charge in [-0.15, -0.1) is 0 Å². The first kappa shape index (κ1) is 8.07. The molecule has 0 aromatic heterocycles. The fourth-order valence-corrected chi connectivity index (χ4v) is 0.781. The van der Waals surface area contributed by atoms with Gasteiger partial charge in [-0.1, -0.05) is 0 Å². The summed E-state index contributed by atoms with van der Waals surface area (Å²) in [7, 11) is 3.81. The second kappa shape index (κ2) is 2.92. The third-order valence-electron chi connectivity index (χ3n) is 1.63. The highest BCUT2D eigenvalue weighted by molar-refractivity contribution is 5.58. The predicted molar refractivity (Wildman–Crippen MR) is 44.2 cm³/mol. The number of aliphatic hydroxyl groups is 1. The molecular weight excluding hydrogens is 142 g/mol. The van der Waals surface area contributed by atoms with Crippen molar-refractivity contribution in [1.82, 2.24) is 10.0 Å². The van der Waals surface area contributed by atoms with E-state index < -0.39 is 0 Å². The van der Waals surface area contributed by atoms with Crippen LogP contribution in [-0.2, 0) is 0 Å². The lowest BCUT2D eigenvalue weighted by atomic mass is 10.3. The van der Waals surface area contributed by atoms with Crippen LogP contribution in [0, 0.1) is 0 Å². The molecule has 0 saturated heterocycles. The zero-order chi connectivity index (χ0) is 8.43. The van der Waals surface area contributed by atoms with Gasteiger partial charge in [-0.25, -0.2) is 10.0 Å². The molecule has 0 radical (unpaired) electrons. The first-order valence-electron chi connectivity index (χ1n) is 3.48. The van der Waals surface area contributed by atoms with Gasteiger partial charge in [0.15, 0.2) is 0 Å². The molecule has 1 rings (SSSR count). The number of aliphatic hydroxyl groups excluding tert-OH is 1. The van der Waals surface area contributed by atoms with Crippen molar-refractivity contribution in [3.8, 4) is 0 Å². The first-order valence-corrected chi connectivity index (χ1v) is 3.48. The van der Waals surface area contributed by atoms with Crippen LogP contribution in [0.3, 0.4) is 0 Å². The van der Waals surface area contributed by atoms with Crippen molar-refractivity contribution in [2.24, 2.45) is 4.99 Å². The lowest BCUT2D eigenvalue weighted by molar-refractivity contribution is 0.110. The molecule has 1 N–H and O–H groups in total. The third-order valence-corrected chi connectivity index (χ3v) is 1.63. The van der Waals surface area contributed by atoms with Crippen LogP contribution >= 0.6 is 0 Å². The van der Waals surface area contributed by atoms with Crippen LogP contribution in [0.25, 0.3) is 0 Å². The summed E-state index contributed by atoms with van der Waals surface area (Å²) in [6.07, 6.45) is 1.70. The van der Waals surface area contributed by atoms with E-state index >= 15 is 0 Å². The van der Waals surface area contributed by atoms with E-state index in [1.54, 1.807) is 13.3 Å². The fraction of sp³-hybridized carbons (Fsp3) is 0.571. The van der Waals surface area contributed by atoms with Gasteiger partial charge in [0.05, 0.1) is 12.2 Å². The largest absolute Gasteiger partial charge is 0.508 e. The summed E-state index contributed by atoms with van der Waals surface area (Å²) in [6, 6.07) is 0. The molecule has 0 atom stereocenters. The van der Waals surface area contributed by atoms with Crippen molar-refractivity contribution >= 4 is 6.34 Å². The van der Waals surface area contributed by atoms with Crippen molar-refractivity contribution in [3.63, 3.8) is 0 Å². The third kappa shape index (κ3) is 1.71. The van der Waals surface area contributed by atoms with Gasteiger partial charge < -0.3 is 5.11 Å². The first-order chi connectivity index (χ1) is 5.11. The number of aliphatic imine (C=N–C) groups is 1. The number of hydrogen-bond donors (Lipinski definition) is 1. The maximum Gasteiger partial charge on any atom is 0.134 e. The average Bonchev–Trinajstić information content (AvgIpc) is 1.94. The number of rotatable bonds is 1.